The highest BCUT2D eigenvalue weighted by molar-refractivity contribution is 5.97. The maximum absolute atomic E-state index is 12.1. The molecule has 100 valence electrons. The van der Waals surface area contributed by atoms with Gasteiger partial charge < -0.3 is 10.6 Å². The number of anilines is 1. The number of carbonyl (C=O) groups is 2. The number of hydrogen-bond donors (Lipinski definition) is 3. The third kappa shape index (κ3) is 3.32. The molecule has 1 rings (SSSR count). The minimum absolute atomic E-state index is 0.0152. The van der Waals surface area contributed by atoms with Gasteiger partial charge in [-0.05, 0) is 19.8 Å². The van der Waals surface area contributed by atoms with Gasteiger partial charge in [0.15, 0.2) is 0 Å². The summed E-state index contributed by atoms with van der Waals surface area (Å²) in [5, 5.41) is 12.3. The Morgan fingerprint density at radius 2 is 1.89 bits per heavy atom. The van der Waals surface area contributed by atoms with Crippen LogP contribution in [0.3, 0.4) is 0 Å². The van der Waals surface area contributed by atoms with Crippen molar-refractivity contribution in [3.8, 4) is 0 Å². The fourth-order valence-corrected chi connectivity index (χ4v) is 1.69. The van der Waals surface area contributed by atoms with Gasteiger partial charge in [-0.3, -0.25) is 14.7 Å². The van der Waals surface area contributed by atoms with E-state index < -0.39 is 6.04 Å². The third-order valence-electron chi connectivity index (χ3n) is 2.68. The number of nitrogens with one attached hydrogen (secondary N) is 3. The van der Waals surface area contributed by atoms with Crippen LogP contribution in [-0.2, 0) is 9.59 Å². The van der Waals surface area contributed by atoms with Crippen molar-refractivity contribution in [3.63, 3.8) is 0 Å². The number of rotatable bonds is 4. The number of H-pyrrole nitrogens is 1. The average Bonchev–Trinajstić information content (AvgIpc) is 2.56. The molecule has 0 aliphatic rings. The van der Waals surface area contributed by atoms with E-state index in [9.17, 15) is 9.59 Å². The molecule has 0 bridgehead atoms. The van der Waals surface area contributed by atoms with E-state index in [1.165, 1.54) is 6.92 Å². The number of nitrogens with zero attached hydrogens (tertiary/aromatic N) is 1. The lowest BCUT2D eigenvalue weighted by molar-refractivity contribution is -0.126. The van der Waals surface area contributed by atoms with Crippen LogP contribution in [0, 0.1) is 19.8 Å². The summed E-state index contributed by atoms with van der Waals surface area (Å²) in [5.41, 5.74) is 2.20. The molecule has 1 unspecified atom stereocenters. The first kappa shape index (κ1) is 14.2. The molecule has 0 fully saturated rings. The van der Waals surface area contributed by atoms with E-state index in [-0.39, 0.29) is 17.7 Å². The molecule has 18 heavy (non-hydrogen) atoms. The van der Waals surface area contributed by atoms with Crippen LogP contribution < -0.4 is 10.6 Å². The number of carbonyl (C=O) groups excluding carboxylic acids is 2. The van der Waals surface area contributed by atoms with Gasteiger partial charge in [0.05, 0.1) is 17.1 Å². The first-order chi connectivity index (χ1) is 8.32. The van der Waals surface area contributed by atoms with Crippen LogP contribution >= 0.6 is 0 Å². The van der Waals surface area contributed by atoms with Crippen molar-refractivity contribution in [3.05, 3.63) is 11.4 Å². The highest BCUT2D eigenvalue weighted by atomic mass is 16.2. The van der Waals surface area contributed by atoms with Gasteiger partial charge >= 0.3 is 0 Å². The van der Waals surface area contributed by atoms with Crippen LogP contribution in [0.25, 0.3) is 0 Å². The Kier molecular flexibility index (Phi) is 4.47. The second kappa shape index (κ2) is 5.66. The zero-order valence-corrected chi connectivity index (χ0v) is 11.4. The first-order valence-corrected chi connectivity index (χ1v) is 5.92. The van der Waals surface area contributed by atoms with Gasteiger partial charge in [-0.2, -0.15) is 5.10 Å². The van der Waals surface area contributed by atoms with Crippen LogP contribution in [-0.4, -0.2) is 28.1 Å². The number of aromatic amines is 1. The standard InChI is InChI=1S/C12H20N4O2/c1-6(2)10(13-9(5)17)12(18)14-11-7(3)15-16-8(11)4/h6,10H,1-5H3,(H,13,17)(H,14,18)(H,15,16). The minimum atomic E-state index is -0.545. The molecule has 1 aromatic rings. The number of aryl methyl sites for hydroxylation is 2. The first-order valence-electron chi connectivity index (χ1n) is 5.92. The van der Waals surface area contributed by atoms with E-state index in [1.54, 1.807) is 0 Å². The predicted octanol–water partition coefficient (Wildman–Crippen LogP) is 1.13. The fourth-order valence-electron chi connectivity index (χ4n) is 1.69. The molecule has 1 aromatic heterocycles. The summed E-state index contributed by atoms with van der Waals surface area (Å²) in [6.45, 7) is 8.81. The summed E-state index contributed by atoms with van der Waals surface area (Å²) >= 11 is 0. The normalized spacial score (nSPS) is 12.3. The van der Waals surface area contributed by atoms with Crippen LogP contribution in [0.5, 0.6) is 0 Å². The van der Waals surface area contributed by atoms with Crippen molar-refractivity contribution >= 4 is 17.5 Å². The summed E-state index contributed by atoms with van der Waals surface area (Å²) in [7, 11) is 0. The van der Waals surface area contributed by atoms with E-state index in [4.69, 9.17) is 0 Å². The van der Waals surface area contributed by atoms with Gasteiger partial charge in [-0.25, -0.2) is 0 Å². The van der Waals surface area contributed by atoms with E-state index in [0.29, 0.717) is 5.69 Å². The highest BCUT2D eigenvalue weighted by Crippen LogP contribution is 2.17. The second-order valence-corrected chi connectivity index (χ2v) is 4.72. The molecular weight excluding hydrogens is 232 g/mol. The van der Waals surface area contributed by atoms with E-state index in [1.807, 2.05) is 27.7 Å². The van der Waals surface area contributed by atoms with Gasteiger partial charge in [0.2, 0.25) is 11.8 Å². The SMILES string of the molecule is CC(=O)NC(C(=O)Nc1c(C)n[nH]c1C)C(C)C. The maximum atomic E-state index is 12.1. The Morgan fingerprint density at radius 3 is 2.28 bits per heavy atom. The van der Waals surface area contributed by atoms with Gasteiger partial charge in [0, 0.05) is 6.92 Å². The maximum Gasteiger partial charge on any atom is 0.247 e. The monoisotopic (exact) mass is 252 g/mol. The van der Waals surface area contributed by atoms with Crippen LogP contribution in [0.2, 0.25) is 0 Å². The zero-order chi connectivity index (χ0) is 13.9. The van der Waals surface area contributed by atoms with Crippen molar-refractivity contribution in [1.29, 1.82) is 0 Å². The van der Waals surface area contributed by atoms with Crippen molar-refractivity contribution in [2.24, 2.45) is 5.92 Å². The Bertz CT molecular complexity index is 431. The molecule has 1 heterocycles. The molecule has 0 radical (unpaired) electrons. The molecule has 2 amide bonds. The Balaban J connectivity index is 2.82. The molecule has 6 heteroatoms. The molecule has 0 aromatic carbocycles. The summed E-state index contributed by atoms with van der Waals surface area (Å²) in [4.78, 5) is 23.2. The lowest BCUT2D eigenvalue weighted by Gasteiger charge is -2.20. The summed E-state index contributed by atoms with van der Waals surface area (Å²) < 4.78 is 0. The molecular formula is C12H20N4O2. The molecule has 0 saturated carbocycles. The summed E-state index contributed by atoms with van der Waals surface area (Å²) in [5.74, 6) is -0.432. The van der Waals surface area contributed by atoms with E-state index in [0.717, 1.165) is 11.4 Å². The minimum Gasteiger partial charge on any atom is -0.344 e. The Labute approximate surface area is 107 Å². The van der Waals surface area contributed by atoms with Crippen molar-refractivity contribution in [1.82, 2.24) is 15.5 Å². The zero-order valence-electron chi connectivity index (χ0n) is 11.4. The highest BCUT2D eigenvalue weighted by Gasteiger charge is 2.24. The molecule has 0 saturated heterocycles. The quantitative estimate of drug-likeness (QED) is 0.750. The summed E-state index contributed by atoms with van der Waals surface area (Å²) in [6.07, 6.45) is 0. The van der Waals surface area contributed by atoms with E-state index >= 15 is 0 Å². The molecule has 0 aliphatic carbocycles. The second-order valence-electron chi connectivity index (χ2n) is 4.72. The van der Waals surface area contributed by atoms with E-state index in [2.05, 4.69) is 20.8 Å². The van der Waals surface area contributed by atoms with Crippen molar-refractivity contribution in [2.45, 2.75) is 40.7 Å². The topological polar surface area (TPSA) is 86.9 Å². The van der Waals surface area contributed by atoms with Gasteiger partial charge in [0.1, 0.15) is 6.04 Å². The molecule has 0 spiro atoms. The average molecular weight is 252 g/mol. The van der Waals surface area contributed by atoms with Crippen LogP contribution in [0.15, 0.2) is 0 Å². The van der Waals surface area contributed by atoms with Crippen molar-refractivity contribution < 1.29 is 9.59 Å². The van der Waals surface area contributed by atoms with Gasteiger partial charge in [-0.15, -0.1) is 0 Å². The van der Waals surface area contributed by atoms with Crippen LogP contribution in [0.1, 0.15) is 32.2 Å². The molecule has 6 nitrogen and oxygen atoms in total. The molecule has 3 N–H and O–H groups in total. The fraction of sp³-hybridized carbons (Fsp3) is 0.583. The number of aromatic nitrogens is 2. The lowest BCUT2D eigenvalue weighted by atomic mass is 10.0. The Morgan fingerprint density at radius 1 is 1.28 bits per heavy atom. The van der Waals surface area contributed by atoms with Crippen molar-refractivity contribution in [2.75, 3.05) is 5.32 Å². The number of hydrogen-bond acceptors (Lipinski definition) is 3. The van der Waals surface area contributed by atoms with Crippen LogP contribution in [0.4, 0.5) is 5.69 Å². The van der Waals surface area contributed by atoms with Gasteiger partial charge in [-0.1, -0.05) is 13.8 Å². The Hall–Kier alpha value is -1.85. The lowest BCUT2D eigenvalue weighted by Crippen LogP contribution is -2.46. The number of amides is 2. The predicted molar refractivity (Wildman–Crippen MR) is 69.1 cm³/mol. The third-order valence-corrected chi connectivity index (χ3v) is 2.68. The molecule has 1 atom stereocenters. The largest absolute Gasteiger partial charge is 0.344 e. The molecule has 0 aliphatic heterocycles. The van der Waals surface area contributed by atoms with Gasteiger partial charge in [0.25, 0.3) is 0 Å². The smallest absolute Gasteiger partial charge is 0.247 e. The summed E-state index contributed by atoms with van der Waals surface area (Å²) in [6, 6.07) is -0.545.